The van der Waals surface area contributed by atoms with Gasteiger partial charge in [-0.3, -0.25) is 14.6 Å². The van der Waals surface area contributed by atoms with Gasteiger partial charge in [0, 0.05) is 48.3 Å². The lowest BCUT2D eigenvalue weighted by Crippen LogP contribution is -2.35. The number of hydrogen-bond donors (Lipinski definition) is 1. The Hall–Kier alpha value is -4.64. The van der Waals surface area contributed by atoms with Gasteiger partial charge in [0.2, 0.25) is 0 Å². The molecule has 2 amide bonds. The molecule has 3 aromatic rings. The Bertz CT molecular complexity index is 2010. The van der Waals surface area contributed by atoms with Crippen molar-refractivity contribution in [1.82, 2.24) is 9.80 Å². The molecule has 0 unspecified atom stereocenters. The second-order valence-corrected chi connectivity index (χ2v) is 16.8. The van der Waals surface area contributed by atoms with Crippen molar-refractivity contribution in [3.63, 3.8) is 0 Å². The van der Waals surface area contributed by atoms with Gasteiger partial charge in [-0.1, -0.05) is 12.1 Å². The molecule has 4 heterocycles. The van der Waals surface area contributed by atoms with Crippen LogP contribution < -0.4 is 24.3 Å². The first-order valence-electron chi connectivity index (χ1n) is 19.5. The second kappa shape index (κ2) is 14.5. The maximum atomic E-state index is 13.9. The van der Waals surface area contributed by atoms with Gasteiger partial charge in [-0.05, 0) is 105 Å². The predicted molar refractivity (Wildman–Crippen MR) is 211 cm³/mol. The number of anilines is 1. The zero-order chi connectivity index (χ0) is 36.8. The van der Waals surface area contributed by atoms with E-state index in [0.29, 0.717) is 65.0 Å². The lowest BCUT2D eigenvalue weighted by Gasteiger charge is -2.21. The maximum absolute atomic E-state index is 13.9. The average Bonchev–Trinajstić information content (AvgIpc) is 4.11. The van der Waals surface area contributed by atoms with Crippen molar-refractivity contribution in [2.75, 3.05) is 51.6 Å². The maximum Gasteiger partial charge on any atom is 0.260 e. The summed E-state index contributed by atoms with van der Waals surface area (Å²) in [4.78, 5) is 37.2. The predicted octanol–water partition coefficient (Wildman–Crippen LogP) is 8.23. The number of benzene rings is 3. The number of carbonyl (C=O) groups excluding carboxylic acids is 2. The topological polar surface area (TPSA) is 102 Å². The first-order chi connectivity index (χ1) is 26.4. The number of hydrogen-bond acceptors (Lipinski definition) is 9. The van der Waals surface area contributed by atoms with Gasteiger partial charge < -0.3 is 34.1 Å². The molecule has 3 aromatic carbocycles. The van der Waals surface area contributed by atoms with Crippen LogP contribution in [0.5, 0.6) is 23.0 Å². The minimum absolute atomic E-state index is 0.0242. The number of thioether (sulfide) groups is 1. The van der Waals surface area contributed by atoms with E-state index in [1.54, 1.807) is 26.4 Å². The highest BCUT2D eigenvalue weighted by Gasteiger charge is 2.53. The number of amides is 2. The Balaban J connectivity index is 0.773. The quantitative estimate of drug-likeness (QED) is 0.130. The van der Waals surface area contributed by atoms with Crippen molar-refractivity contribution in [2.24, 2.45) is 16.3 Å². The van der Waals surface area contributed by atoms with Gasteiger partial charge in [-0.15, -0.1) is 11.8 Å². The molecule has 282 valence electrons. The molecule has 0 radical (unpaired) electrons. The van der Waals surface area contributed by atoms with Crippen LogP contribution in [0.1, 0.15) is 84.1 Å². The molecule has 2 aliphatic carbocycles. The molecule has 54 heavy (non-hydrogen) atoms. The third-order valence-corrected chi connectivity index (χ3v) is 13.1. The minimum atomic E-state index is -0.0344. The van der Waals surface area contributed by atoms with E-state index in [1.807, 2.05) is 46.1 Å². The number of methoxy groups -OCH3 is 2. The fourth-order valence-corrected chi connectivity index (χ4v) is 9.30. The number of unbranched alkanes of at least 4 members (excludes halogenated alkanes) is 2. The third kappa shape index (κ3) is 7.03. The van der Waals surface area contributed by atoms with Crippen LogP contribution in [-0.4, -0.2) is 86.2 Å². The fourth-order valence-electron chi connectivity index (χ4n) is 8.21. The van der Waals surface area contributed by atoms with Gasteiger partial charge >= 0.3 is 0 Å². The van der Waals surface area contributed by atoms with Gasteiger partial charge in [0.05, 0.1) is 62.0 Å². The molecule has 3 fully saturated rings. The number of fused-ring (bicyclic) bond motifs is 4. The van der Waals surface area contributed by atoms with Crippen molar-refractivity contribution in [2.45, 2.75) is 74.8 Å². The number of carbonyl (C=O) groups is 2. The van der Waals surface area contributed by atoms with E-state index in [-0.39, 0.29) is 23.9 Å². The molecular formula is C43H48N4O6S. The molecule has 0 aromatic heterocycles. The Kier molecular flexibility index (Phi) is 9.45. The summed E-state index contributed by atoms with van der Waals surface area (Å²) in [6.07, 6.45) is 13.4. The molecule has 1 spiro atoms. The van der Waals surface area contributed by atoms with Crippen LogP contribution >= 0.6 is 11.8 Å². The van der Waals surface area contributed by atoms with Crippen molar-refractivity contribution >= 4 is 46.7 Å². The van der Waals surface area contributed by atoms with E-state index < -0.39 is 0 Å². The molecule has 2 saturated carbocycles. The van der Waals surface area contributed by atoms with Gasteiger partial charge in [0.15, 0.2) is 23.0 Å². The highest BCUT2D eigenvalue weighted by molar-refractivity contribution is 7.99. The summed E-state index contributed by atoms with van der Waals surface area (Å²) >= 11 is 1.94. The minimum Gasteiger partial charge on any atom is -0.493 e. The van der Waals surface area contributed by atoms with Crippen LogP contribution in [0.4, 0.5) is 11.4 Å². The molecule has 6 aliphatic rings. The van der Waals surface area contributed by atoms with E-state index in [4.69, 9.17) is 23.9 Å². The van der Waals surface area contributed by atoms with E-state index >= 15 is 0 Å². The Morgan fingerprint density at radius 3 is 2.30 bits per heavy atom. The van der Waals surface area contributed by atoms with Crippen molar-refractivity contribution in [3.8, 4) is 23.0 Å². The van der Waals surface area contributed by atoms with Gasteiger partial charge in [-0.2, -0.15) is 0 Å². The summed E-state index contributed by atoms with van der Waals surface area (Å²) < 4.78 is 23.7. The summed E-state index contributed by atoms with van der Waals surface area (Å²) in [5, 5.41) is 3.53. The standard InChI is InChI=1S/C43H48N4O6S/c1-50-37-17-33-35(44-22-30-16-29(24-46(30)41(33)48)28-8-10-32(11-9-28)54-25-27-6-7-27)19-39(37)52-14-4-3-5-15-53-40-20-36-34(18-38(40)51-2)42(49)47-26-43(12-13-43)21-31(47)23-45-36/h8-11,17-20,23-24,27,30-31,44H,3-7,12-16,21-22,25-26H2,1-2H3/t30-,31-/m0/s1. The lowest BCUT2D eigenvalue weighted by molar-refractivity contribution is 0.0765. The fraction of sp³-hybridized carbons (Fsp3) is 0.465. The summed E-state index contributed by atoms with van der Waals surface area (Å²) in [7, 11) is 3.21. The van der Waals surface area contributed by atoms with Gasteiger partial charge in [0.1, 0.15) is 0 Å². The average molecular weight is 749 g/mol. The molecule has 0 bridgehead atoms. The van der Waals surface area contributed by atoms with Crippen LogP contribution in [0.15, 0.2) is 64.6 Å². The number of aliphatic imine (C=N–C) groups is 1. The number of rotatable bonds is 14. The Labute approximate surface area is 321 Å². The summed E-state index contributed by atoms with van der Waals surface area (Å²) in [6, 6.07) is 16.2. The number of nitrogens with one attached hydrogen (secondary N) is 1. The normalized spacial score (nSPS) is 21.7. The highest BCUT2D eigenvalue weighted by atomic mass is 32.2. The number of ether oxygens (including phenoxy) is 4. The van der Waals surface area contributed by atoms with E-state index in [9.17, 15) is 9.59 Å². The molecular weight excluding hydrogens is 701 g/mol. The largest absolute Gasteiger partial charge is 0.493 e. The third-order valence-electron chi connectivity index (χ3n) is 11.8. The van der Waals surface area contributed by atoms with Crippen LogP contribution in [0, 0.1) is 11.3 Å². The summed E-state index contributed by atoms with van der Waals surface area (Å²) in [5.41, 5.74) is 5.22. The molecule has 2 atom stereocenters. The highest BCUT2D eigenvalue weighted by Crippen LogP contribution is 2.55. The van der Waals surface area contributed by atoms with Crippen LogP contribution in [0.3, 0.4) is 0 Å². The summed E-state index contributed by atoms with van der Waals surface area (Å²) in [6.45, 7) is 2.46. The molecule has 4 aliphatic heterocycles. The van der Waals surface area contributed by atoms with Gasteiger partial charge in [0.25, 0.3) is 11.8 Å². The van der Waals surface area contributed by atoms with Crippen molar-refractivity contribution < 1.29 is 28.5 Å². The zero-order valence-corrected chi connectivity index (χ0v) is 31.9. The van der Waals surface area contributed by atoms with E-state index in [0.717, 1.165) is 50.3 Å². The first kappa shape index (κ1) is 35.1. The molecule has 1 N–H and O–H groups in total. The zero-order valence-electron chi connectivity index (χ0n) is 31.1. The first-order valence-corrected chi connectivity index (χ1v) is 20.4. The SMILES string of the molecule is COc1cc2c(cc1OCCCCCOc1cc3c(cc1OC)C(=O)N1C=C(c4ccc(SCC5CC5)cc4)C[C@H]1CN3)N=C[C@@H]1CC3(CC3)CN1C2=O. The summed E-state index contributed by atoms with van der Waals surface area (Å²) in [5.74, 6) is 4.38. The monoisotopic (exact) mass is 748 g/mol. The second-order valence-electron chi connectivity index (χ2n) is 15.7. The smallest absolute Gasteiger partial charge is 0.260 e. The van der Waals surface area contributed by atoms with Crippen LogP contribution in [0.2, 0.25) is 0 Å². The molecule has 10 nitrogen and oxygen atoms in total. The Morgan fingerprint density at radius 1 is 0.870 bits per heavy atom. The van der Waals surface area contributed by atoms with E-state index in [2.05, 4.69) is 29.6 Å². The van der Waals surface area contributed by atoms with Crippen LogP contribution in [-0.2, 0) is 0 Å². The molecule has 1 saturated heterocycles. The van der Waals surface area contributed by atoms with E-state index in [1.165, 1.54) is 47.5 Å². The van der Waals surface area contributed by atoms with Crippen molar-refractivity contribution in [3.05, 3.63) is 71.4 Å². The number of nitrogens with zero attached hydrogens (tertiary/aromatic N) is 3. The van der Waals surface area contributed by atoms with Crippen LogP contribution in [0.25, 0.3) is 5.57 Å². The van der Waals surface area contributed by atoms with Crippen molar-refractivity contribution in [1.29, 1.82) is 0 Å². The Morgan fingerprint density at radius 2 is 1.59 bits per heavy atom. The lowest BCUT2D eigenvalue weighted by atomic mass is 10.0. The van der Waals surface area contributed by atoms with Gasteiger partial charge in [-0.25, -0.2) is 0 Å². The molecule has 9 rings (SSSR count). The molecule has 11 heteroatoms.